The number of carbonyl (C=O) groups excluding carboxylic acids is 1. The Labute approximate surface area is 435 Å². The third kappa shape index (κ3) is 37.9. The Morgan fingerprint density at radius 2 is 0.859 bits per heavy atom. The molecule has 420 valence electrons. The average Bonchev–Trinajstić information content (AvgIpc) is 3.37. The second kappa shape index (κ2) is 49.5. The number of nitrogens with one attached hydrogen (secondary N) is 1. The predicted molar refractivity (Wildman–Crippen MR) is 293 cm³/mol. The molecule has 1 fully saturated rings. The Morgan fingerprint density at radius 1 is 0.493 bits per heavy atom. The number of allylic oxidation sites excluding steroid dienone is 4. The summed E-state index contributed by atoms with van der Waals surface area (Å²) in [7, 11) is 0. The molecule has 1 rings (SSSR count). The molecule has 0 aromatic carbocycles. The van der Waals surface area contributed by atoms with Gasteiger partial charge in [0.1, 0.15) is 36.6 Å². The molecular weight excluding hydrogens is 895 g/mol. The molecule has 1 saturated heterocycles. The van der Waals surface area contributed by atoms with E-state index in [0.717, 1.165) is 64.2 Å². The number of aliphatic hydroxyl groups is 7. The van der Waals surface area contributed by atoms with Crippen LogP contribution in [0, 0.1) is 0 Å². The molecule has 9 unspecified atom stereocenters. The smallest absolute Gasteiger partial charge is 0.249 e. The Balaban J connectivity index is 2.31. The van der Waals surface area contributed by atoms with E-state index in [1.54, 1.807) is 0 Å². The molecule has 0 aromatic rings. The molecule has 0 radical (unpaired) electrons. The molecule has 0 bridgehead atoms. The minimum Gasteiger partial charge on any atom is -0.394 e. The third-order valence-electron chi connectivity index (χ3n) is 14.8. The zero-order valence-electron chi connectivity index (χ0n) is 46.0. The third-order valence-corrected chi connectivity index (χ3v) is 14.8. The van der Waals surface area contributed by atoms with Crippen LogP contribution < -0.4 is 5.32 Å². The first-order valence-corrected chi connectivity index (χ1v) is 30.2. The summed E-state index contributed by atoms with van der Waals surface area (Å²) in [5.74, 6) is -0.701. The number of carbonyl (C=O) groups is 1. The van der Waals surface area contributed by atoms with Crippen LogP contribution in [0.3, 0.4) is 0 Å². The molecule has 71 heavy (non-hydrogen) atoms. The number of hydrogen-bond donors (Lipinski definition) is 8. The van der Waals surface area contributed by atoms with Crippen LogP contribution in [-0.4, -0.2) is 110 Å². The van der Waals surface area contributed by atoms with Crippen molar-refractivity contribution >= 4 is 5.91 Å². The molecular formula is C60H115NO10. The fourth-order valence-corrected chi connectivity index (χ4v) is 9.83. The van der Waals surface area contributed by atoms with Crippen molar-refractivity contribution in [2.45, 2.75) is 339 Å². The topological polar surface area (TPSA) is 189 Å². The monoisotopic (exact) mass is 1010 g/mol. The SMILES string of the molecule is CCCCCCCCCCC/C=C\C/C=C\CCCCCCCCC(O)C(=O)NC(COC1OC(CO)C(O)C(O)C1O)C(O)C(O)CCCCCCCCCCCCCCCCCCCCCCCC. The van der Waals surface area contributed by atoms with Crippen LogP contribution in [-0.2, 0) is 14.3 Å². The van der Waals surface area contributed by atoms with Gasteiger partial charge in [0, 0.05) is 0 Å². The van der Waals surface area contributed by atoms with Crippen LogP contribution in [0.5, 0.6) is 0 Å². The van der Waals surface area contributed by atoms with Crippen molar-refractivity contribution < 1.29 is 50.0 Å². The lowest BCUT2D eigenvalue weighted by Crippen LogP contribution is -2.60. The van der Waals surface area contributed by atoms with Crippen molar-refractivity contribution in [2.75, 3.05) is 13.2 Å². The van der Waals surface area contributed by atoms with E-state index in [1.165, 1.54) is 180 Å². The maximum absolute atomic E-state index is 13.2. The molecule has 1 amide bonds. The van der Waals surface area contributed by atoms with Gasteiger partial charge in [0.15, 0.2) is 6.29 Å². The predicted octanol–water partition coefficient (Wildman–Crippen LogP) is 12.9. The van der Waals surface area contributed by atoms with E-state index in [2.05, 4.69) is 43.5 Å². The minimum absolute atomic E-state index is 0.250. The van der Waals surface area contributed by atoms with E-state index in [4.69, 9.17) is 9.47 Å². The maximum atomic E-state index is 13.2. The summed E-state index contributed by atoms with van der Waals surface area (Å²) in [6.07, 6.45) is 48.0. The Bertz CT molecular complexity index is 1200. The van der Waals surface area contributed by atoms with Crippen molar-refractivity contribution in [2.24, 2.45) is 0 Å². The molecule has 9 atom stereocenters. The summed E-state index contributed by atoms with van der Waals surface area (Å²) < 4.78 is 11.2. The van der Waals surface area contributed by atoms with Gasteiger partial charge < -0.3 is 50.5 Å². The molecule has 11 heteroatoms. The molecule has 0 saturated carbocycles. The number of ether oxygens (including phenoxy) is 2. The lowest BCUT2D eigenvalue weighted by Gasteiger charge is -2.40. The number of amides is 1. The van der Waals surface area contributed by atoms with Gasteiger partial charge in [0.05, 0.1) is 25.4 Å². The summed E-state index contributed by atoms with van der Waals surface area (Å²) >= 11 is 0. The number of aliphatic hydroxyl groups excluding tert-OH is 7. The first-order chi connectivity index (χ1) is 34.7. The quantitative estimate of drug-likeness (QED) is 0.0215. The van der Waals surface area contributed by atoms with Crippen molar-refractivity contribution in [3.8, 4) is 0 Å². The van der Waals surface area contributed by atoms with E-state index in [-0.39, 0.29) is 6.42 Å². The summed E-state index contributed by atoms with van der Waals surface area (Å²) in [6, 6.07) is -1.17. The first kappa shape index (κ1) is 67.6. The van der Waals surface area contributed by atoms with E-state index < -0.39 is 74.2 Å². The van der Waals surface area contributed by atoms with Crippen LogP contribution >= 0.6 is 0 Å². The zero-order chi connectivity index (χ0) is 51.8. The maximum Gasteiger partial charge on any atom is 0.249 e. The van der Waals surface area contributed by atoms with Gasteiger partial charge in [-0.2, -0.15) is 0 Å². The van der Waals surface area contributed by atoms with Gasteiger partial charge >= 0.3 is 0 Å². The van der Waals surface area contributed by atoms with Crippen molar-refractivity contribution in [3.05, 3.63) is 24.3 Å². The lowest BCUT2D eigenvalue weighted by atomic mass is 9.98. The molecule has 11 nitrogen and oxygen atoms in total. The highest BCUT2D eigenvalue weighted by atomic mass is 16.7. The van der Waals surface area contributed by atoms with Crippen LogP contribution in [0.4, 0.5) is 0 Å². The Hall–Kier alpha value is -1.41. The average molecular weight is 1010 g/mol. The second-order valence-electron chi connectivity index (χ2n) is 21.4. The second-order valence-corrected chi connectivity index (χ2v) is 21.4. The van der Waals surface area contributed by atoms with Crippen molar-refractivity contribution in [1.29, 1.82) is 0 Å². The Morgan fingerprint density at radius 3 is 1.25 bits per heavy atom. The van der Waals surface area contributed by atoms with E-state index in [0.29, 0.717) is 19.3 Å². The van der Waals surface area contributed by atoms with E-state index in [9.17, 15) is 40.5 Å². The van der Waals surface area contributed by atoms with Gasteiger partial charge in [-0.15, -0.1) is 0 Å². The zero-order valence-corrected chi connectivity index (χ0v) is 46.0. The number of unbranched alkanes of at least 4 members (excludes halogenated alkanes) is 36. The van der Waals surface area contributed by atoms with E-state index in [1.807, 2.05) is 0 Å². The highest BCUT2D eigenvalue weighted by molar-refractivity contribution is 5.80. The van der Waals surface area contributed by atoms with Crippen LogP contribution in [0.1, 0.15) is 284 Å². The first-order valence-electron chi connectivity index (χ1n) is 30.2. The van der Waals surface area contributed by atoms with Gasteiger partial charge in [0.2, 0.25) is 5.91 Å². The normalized spacial score (nSPS) is 20.3. The Kier molecular flexibility index (Phi) is 47.1. The van der Waals surface area contributed by atoms with E-state index >= 15 is 0 Å². The van der Waals surface area contributed by atoms with Crippen LogP contribution in [0.25, 0.3) is 0 Å². The summed E-state index contributed by atoms with van der Waals surface area (Å²) in [5.41, 5.74) is 0. The molecule has 1 heterocycles. The fourth-order valence-electron chi connectivity index (χ4n) is 9.83. The van der Waals surface area contributed by atoms with Gasteiger partial charge in [-0.25, -0.2) is 0 Å². The molecule has 0 spiro atoms. The number of hydrogen-bond acceptors (Lipinski definition) is 10. The summed E-state index contributed by atoms with van der Waals surface area (Å²) in [5, 5.41) is 76.2. The minimum atomic E-state index is -1.66. The molecule has 0 aromatic heterocycles. The van der Waals surface area contributed by atoms with Gasteiger partial charge in [0.25, 0.3) is 0 Å². The van der Waals surface area contributed by atoms with Crippen molar-refractivity contribution in [1.82, 2.24) is 5.32 Å². The highest BCUT2D eigenvalue weighted by Gasteiger charge is 2.44. The molecule has 8 N–H and O–H groups in total. The summed E-state index contributed by atoms with van der Waals surface area (Å²) in [4.78, 5) is 13.2. The van der Waals surface area contributed by atoms with Gasteiger partial charge in [-0.3, -0.25) is 4.79 Å². The fraction of sp³-hybridized carbons (Fsp3) is 0.917. The van der Waals surface area contributed by atoms with Crippen LogP contribution in [0.2, 0.25) is 0 Å². The molecule has 0 aliphatic carbocycles. The highest BCUT2D eigenvalue weighted by Crippen LogP contribution is 2.24. The summed E-state index contributed by atoms with van der Waals surface area (Å²) in [6.45, 7) is 3.49. The lowest BCUT2D eigenvalue weighted by molar-refractivity contribution is -0.303. The van der Waals surface area contributed by atoms with Crippen LogP contribution in [0.15, 0.2) is 24.3 Å². The molecule has 1 aliphatic heterocycles. The van der Waals surface area contributed by atoms with Gasteiger partial charge in [-0.1, -0.05) is 263 Å². The largest absolute Gasteiger partial charge is 0.394 e. The van der Waals surface area contributed by atoms with Gasteiger partial charge in [-0.05, 0) is 44.9 Å². The standard InChI is InChI=1S/C60H115NO10/c1-3-5-7-9-11-13-15-17-19-21-23-25-27-29-31-33-35-37-39-41-43-45-47-52(63)55(65)51(50-70-60-58(68)57(67)56(66)54(49-62)71-60)61-59(69)53(64)48-46-44-42-40-38-36-34-32-30-28-26-24-22-20-18-16-14-12-10-8-6-4-2/h24,26,30,32,51-58,60,62-68H,3-23,25,27-29,31,33-50H2,1-2H3,(H,61,69)/b26-24-,32-30-. The number of rotatable bonds is 52. The molecule has 1 aliphatic rings. The van der Waals surface area contributed by atoms with Crippen molar-refractivity contribution in [3.63, 3.8) is 0 Å².